The van der Waals surface area contributed by atoms with Crippen LogP contribution in [0.15, 0.2) is 18.2 Å². The number of hydrogen-bond donors (Lipinski definition) is 3. The Labute approximate surface area is 93.9 Å². The van der Waals surface area contributed by atoms with Crippen LogP contribution >= 0.6 is 0 Å². The highest BCUT2D eigenvalue weighted by Crippen LogP contribution is 2.42. The molecule has 3 N–H and O–H groups in total. The molecule has 1 aromatic carbocycles. The monoisotopic (exact) mass is 250 g/mol. The number of halogens is 3. The van der Waals surface area contributed by atoms with Crippen LogP contribution in [0.4, 0.5) is 13.2 Å². The number of hydrogen-bond acceptors (Lipinski definition) is 3. The summed E-state index contributed by atoms with van der Waals surface area (Å²) >= 11 is 0. The van der Waals surface area contributed by atoms with Crippen molar-refractivity contribution in [2.24, 2.45) is 0 Å². The molecule has 7 heteroatoms. The molecule has 0 saturated heterocycles. The second kappa shape index (κ2) is 4.52. The lowest BCUT2D eigenvalue weighted by Gasteiger charge is -2.19. The van der Waals surface area contributed by atoms with Crippen LogP contribution in [0.3, 0.4) is 0 Å². The predicted molar refractivity (Wildman–Crippen MR) is 50.8 cm³/mol. The Balaban J connectivity index is 3.21. The molecule has 1 unspecified atom stereocenters. The maximum atomic E-state index is 12.6. The van der Waals surface area contributed by atoms with E-state index in [9.17, 15) is 23.1 Å². The second-order valence-electron chi connectivity index (χ2n) is 3.44. The maximum Gasteiger partial charge on any atom is 0.396 e. The molecule has 1 rings (SSSR count). The van der Waals surface area contributed by atoms with Crippen molar-refractivity contribution in [1.29, 1.82) is 0 Å². The van der Waals surface area contributed by atoms with E-state index in [1.54, 1.807) is 0 Å². The highest BCUT2D eigenvalue weighted by molar-refractivity contribution is 5.68. The molecule has 0 aromatic heterocycles. The summed E-state index contributed by atoms with van der Waals surface area (Å²) < 4.78 is 37.9. The summed E-state index contributed by atoms with van der Waals surface area (Å²) in [7, 11) is 0. The third-order valence-electron chi connectivity index (χ3n) is 2.16. The number of aromatic hydroxyl groups is 2. The molecule has 0 amide bonds. The Bertz CT molecular complexity index is 428. The number of phenolic OH excluding ortho intramolecular Hbond substituents is 2. The third kappa shape index (κ3) is 3.27. The molecule has 0 aliphatic carbocycles. The predicted octanol–water partition coefficient (Wildman–Crippen LogP) is 2.22. The van der Waals surface area contributed by atoms with Crippen molar-refractivity contribution < 1.29 is 33.3 Å². The molecule has 0 aliphatic rings. The molecular formula is C10H9F3O4. The van der Waals surface area contributed by atoms with Crippen molar-refractivity contribution in [3.05, 3.63) is 23.8 Å². The van der Waals surface area contributed by atoms with Gasteiger partial charge in [0.15, 0.2) is 0 Å². The average molecular weight is 250 g/mol. The van der Waals surface area contributed by atoms with Gasteiger partial charge in [-0.05, 0) is 18.2 Å². The number of alkyl halides is 3. The minimum atomic E-state index is -4.82. The van der Waals surface area contributed by atoms with Gasteiger partial charge in [0, 0.05) is 5.56 Å². The summed E-state index contributed by atoms with van der Waals surface area (Å²) in [6, 6.07) is 2.59. The molecule has 0 saturated carbocycles. The van der Waals surface area contributed by atoms with Gasteiger partial charge >= 0.3 is 12.1 Å². The third-order valence-corrected chi connectivity index (χ3v) is 2.16. The standard InChI is InChI=1S/C10H9F3O4/c11-10(12,13)7(4-9(16)17)6-3-5(14)1-2-8(6)15/h1-3,7,14-15H,4H2,(H,16,17). The van der Waals surface area contributed by atoms with Crippen LogP contribution in [-0.2, 0) is 4.79 Å². The van der Waals surface area contributed by atoms with Crippen LogP contribution in [0, 0.1) is 0 Å². The minimum Gasteiger partial charge on any atom is -0.508 e. The molecule has 4 nitrogen and oxygen atoms in total. The van der Waals surface area contributed by atoms with Crippen molar-refractivity contribution in [2.45, 2.75) is 18.5 Å². The van der Waals surface area contributed by atoms with Crippen molar-refractivity contribution in [3.8, 4) is 11.5 Å². The fourth-order valence-corrected chi connectivity index (χ4v) is 1.40. The van der Waals surface area contributed by atoms with E-state index in [-0.39, 0.29) is 0 Å². The van der Waals surface area contributed by atoms with E-state index in [2.05, 4.69) is 0 Å². The second-order valence-corrected chi connectivity index (χ2v) is 3.44. The van der Waals surface area contributed by atoms with Gasteiger partial charge in [0.25, 0.3) is 0 Å². The lowest BCUT2D eigenvalue weighted by molar-refractivity contribution is -0.163. The Morgan fingerprint density at radius 2 is 1.88 bits per heavy atom. The van der Waals surface area contributed by atoms with Crippen molar-refractivity contribution >= 4 is 5.97 Å². The minimum absolute atomic E-state index is 0.475. The lowest BCUT2D eigenvalue weighted by atomic mass is 9.94. The van der Waals surface area contributed by atoms with Gasteiger partial charge in [-0.25, -0.2) is 0 Å². The number of carboxylic acid groups (broad SMARTS) is 1. The molecule has 0 fully saturated rings. The molecular weight excluding hydrogens is 241 g/mol. The lowest BCUT2D eigenvalue weighted by Crippen LogP contribution is -2.23. The van der Waals surface area contributed by atoms with E-state index in [1.165, 1.54) is 0 Å². The zero-order valence-corrected chi connectivity index (χ0v) is 8.40. The van der Waals surface area contributed by atoms with Crippen molar-refractivity contribution in [2.75, 3.05) is 0 Å². The first-order valence-electron chi connectivity index (χ1n) is 4.52. The van der Waals surface area contributed by atoms with Gasteiger partial charge in [0.1, 0.15) is 11.5 Å². The average Bonchev–Trinajstić information content (AvgIpc) is 2.16. The molecule has 0 radical (unpaired) electrons. The first-order chi connectivity index (χ1) is 7.71. The van der Waals surface area contributed by atoms with E-state index in [4.69, 9.17) is 10.2 Å². The number of carboxylic acids is 1. The Hall–Kier alpha value is -1.92. The molecule has 0 bridgehead atoms. The zero-order chi connectivity index (χ0) is 13.2. The Morgan fingerprint density at radius 1 is 1.29 bits per heavy atom. The summed E-state index contributed by atoms with van der Waals surface area (Å²) in [5.74, 6) is -5.18. The smallest absolute Gasteiger partial charge is 0.396 e. The summed E-state index contributed by atoms with van der Waals surface area (Å²) in [6.07, 6.45) is -6.02. The largest absolute Gasteiger partial charge is 0.508 e. The normalized spacial score (nSPS) is 13.4. The van der Waals surface area contributed by atoms with E-state index in [1.807, 2.05) is 0 Å². The van der Waals surface area contributed by atoms with Gasteiger partial charge in [0.05, 0.1) is 12.3 Å². The highest BCUT2D eigenvalue weighted by atomic mass is 19.4. The van der Waals surface area contributed by atoms with Crippen LogP contribution in [0.25, 0.3) is 0 Å². The van der Waals surface area contributed by atoms with Crippen molar-refractivity contribution in [3.63, 3.8) is 0 Å². The van der Waals surface area contributed by atoms with Crippen LogP contribution in [0.5, 0.6) is 11.5 Å². The van der Waals surface area contributed by atoms with Crippen LogP contribution in [0.1, 0.15) is 17.9 Å². The topological polar surface area (TPSA) is 77.8 Å². The summed E-state index contributed by atoms with van der Waals surface area (Å²) in [5.41, 5.74) is -0.653. The number of benzene rings is 1. The van der Waals surface area contributed by atoms with E-state index < -0.39 is 41.5 Å². The van der Waals surface area contributed by atoms with Gasteiger partial charge in [-0.3, -0.25) is 4.79 Å². The molecule has 17 heavy (non-hydrogen) atoms. The van der Waals surface area contributed by atoms with Gasteiger partial charge in [-0.1, -0.05) is 0 Å². The Kier molecular flexibility index (Phi) is 3.50. The molecule has 94 valence electrons. The summed E-state index contributed by atoms with van der Waals surface area (Å²) in [5, 5.41) is 26.8. The van der Waals surface area contributed by atoms with Gasteiger partial charge in [0.2, 0.25) is 0 Å². The first-order valence-corrected chi connectivity index (χ1v) is 4.52. The highest BCUT2D eigenvalue weighted by Gasteiger charge is 2.43. The summed E-state index contributed by atoms with van der Waals surface area (Å²) in [6.45, 7) is 0. The fraction of sp³-hybridized carbons (Fsp3) is 0.300. The van der Waals surface area contributed by atoms with Gasteiger partial charge in [-0.15, -0.1) is 0 Å². The quantitative estimate of drug-likeness (QED) is 0.719. The van der Waals surface area contributed by atoms with Gasteiger partial charge in [-0.2, -0.15) is 13.2 Å². The van der Waals surface area contributed by atoms with Crippen LogP contribution in [0.2, 0.25) is 0 Å². The Morgan fingerprint density at radius 3 is 2.35 bits per heavy atom. The van der Waals surface area contributed by atoms with Crippen molar-refractivity contribution in [1.82, 2.24) is 0 Å². The maximum absolute atomic E-state index is 12.6. The number of carbonyl (C=O) groups is 1. The van der Waals surface area contributed by atoms with Crippen LogP contribution in [-0.4, -0.2) is 27.5 Å². The van der Waals surface area contributed by atoms with Crippen LogP contribution < -0.4 is 0 Å². The molecule has 0 heterocycles. The SMILES string of the molecule is O=C(O)CC(c1cc(O)ccc1O)C(F)(F)F. The van der Waals surface area contributed by atoms with E-state index in [0.717, 1.165) is 12.1 Å². The molecule has 1 aromatic rings. The number of aliphatic carboxylic acids is 1. The number of phenols is 2. The molecule has 0 aliphatic heterocycles. The molecule has 1 atom stereocenters. The first kappa shape index (κ1) is 13.1. The molecule has 0 spiro atoms. The van der Waals surface area contributed by atoms with Gasteiger partial charge < -0.3 is 15.3 Å². The van der Waals surface area contributed by atoms with E-state index >= 15 is 0 Å². The van der Waals surface area contributed by atoms with E-state index in [0.29, 0.717) is 6.07 Å². The summed E-state index contributed by atoms with van der Waals surface area (Å²) in [4.78, 5) is 10.4. The fourth-order valence-electron chi connectivity index (χ4n) is 1.40. The number of rotatable bonds is 3. The zero-order valence-electron chi connectivity index (χ0n) is 8.40.